The van der Waals surface area contributed by atoms with Gasteiger partial charge in [0, 0.05) is 4.88 Å². The fourth-order valence-corrected chi connectivity index (χ4v) is 2.49. The summed E-state index contributed by atoms with van der Waals surface area (Å²) in [6.45, 7) is 4.47. The van der Waals surface area contributed by atoms with E-state index in [1.807, 2.05) is 11.3 Å². The minimum absolute atomic E-state index is 0.628. The van der Waals surface area contributed by atoms with Gasteiger partial charge in [0.05, 0.1) is 0 Å². The summed E-state index contributed by atoms with van der Waals surface area (Å²) in [4.78, 5) is 1.37. The highest BCUT2D eigenvalue weighted by molar-refractivity contribution is 7.13. The molecule has 0 aliphatic carbocycles. The Labute approximate surface area is 89.2 Å². The Bertz CT molecular complexity index is 398. The molecule has 0 bridgehead atoms. The molecule has 0 amide bonds. The molecule has 0 aliphatic heterocycles. The minimum Gasteiger partial charge on any atom is -0.144 e. The molecule has 72 valence electrons. The normalized spacial score (nSPS) is 10.8. The van der Waals surface area contributed by atoms with Crippen LogP contribution < -0.4 is 0 Å². The molecule has 0 fully saturated rings. The molecular weight excluding hydrogens is 188 g/mol. The summed E-state index contributed by atoms with van der Waals surface area (Å²) >= 11 is 1.83. The van der Waals surface area contributed by atoms with Crippen LogP contribution in [0.1, 0.15) is 25.3 Å². The van der Waals surface area contributed by atoms with E-state index in [4.69, 9.17) is 0 Å². The van der Waals surface area contributed by atoms with Crippen molar-refractivity contribution in [3.63, 3.8) is 0 Å². The average Bonchev–Trinajstić information content (AvgIpc) is 2.68. The van der Waals surface area contributed by atoms with Crippen molar-refractivity contribution in [2.75, 3.05) is 0 Å². The zero-order valence-corrected chi connectivity index (χ0v) is 9.34. The molecule has 0 N–H and O–H groups in total. The molecule has 2 aromatic rings. The first-order chi connectivity index (χ1) is 6.77. The maximum atomic E-state index is 2.30. The summed E-state index contributed by atoms with van der Waals surface area (Å²) in [5, 5.41) is 2.26. The van der Waals surface area contributed by atoms with E-state index in [0.717, 1.165) is 0 Å². The van der Waals surface area contributed by atoms with Gasteiger partial charge in [-0.3, -0.25) is 0 Å². The van der Waals surface area contributed by atoms with Crippen LogP contribution in [0.5, 0.6) is 0 Å². The van der Waals surface area contributed by atoms with Gasteiger partial charge < -0.3 is 0 Å². The second kappa shape index (κ2) is 3.97. The van der Waals surface area contributed by atoms with Crippen molar-refractivity contribution in [2.45, 2.75) is 19.8 Å². The van der Waals surface area contributed by atoms with Crippen molar-refractivity contribution in [2.24, 2.45) is 0 Å². The summed E-state index contributed by atoms with van der Waals surface area (Å²) in [5.74, 6) is 0.628. The van der Waals surface area contributed by atoms with Crippen molar-refractivity contribution in [1.82, 2.24) is 0 Å². The van der Waals surface area contributed by atoms with Crippen LogP contribution in [-0.2, 0) is 0 Å². The highest BCUT2D eigenvalue weighted by atomic mass is 32.1. The van der Waals surface area contributed by atoms with E-state index in [2.05, 4.69) is 55.6 Å². The minimum atomic E-state index is 0.628. The van der Waals surface area contributed by atoms with Gasteiger partial charge in [-0.25, -0.2) is 0 Å². The lowest BCUT2D eigenvalue weighted by Crippen LogP contribution is -1.80. The van der Waals surface area contributed by atoms with Gasteiger partial charge in [-0.2, -0.15) is 0 Å². The molecule has 1 heteroatoms. The number of thiophene rings is 1. The number of hydrogen-bond acceptors (Lipinski definition) is 1. The predicted octanol–water partition coefficient (Wildman–Crippen LogP) is 4.54. The third kappa shape index (κ3) is 1.88. The summed E-state index contributed by atoms with van der Waals surface area (Å²) in [6, 6.07) is 12.9. The van der Waals surface area contributed by atoms with Crippen molar-refractivity contribution < 1.29 is 0 Å². The summed E-state index contributed by atoms with van der Waals surface area (Å²) < 4.78 is 0. The van der Waals surface area contributed by atoms with Gasteiger partial charge in [0.15, 0.2) is 0 Å². The van der Waals surface area contributed by atoms with Crippen LogP contribution in [0.15, 0.2) is 41.8 Å². The van der Waals surface area contributed by atoms with Gasteiger partial charge in [-0.15, -0.1) is 11.3 Å². The Hall–Kier alpha value is -1.08. The topological polar surface area (TPSA) is 0 Å². The molecular formula is C13H14S. The van der Waals surface area contributed by atoms with Crippen molar-refractivity contribution >= 4 is 11.3 Å². The third-order valence-electron chi connectivity index (χ3n) is 2.34. The number of hydrogen-bond donors (Lipinski definition) is 0. The molecule has 0 saturated heterocycles. The van der Waals surface area contributed by atoms with Gasteiger partial charge in [0.2, 0.25) is 0 Å². The van der Waals surface area contributed by atoms with Crippen LogP contribution in [0, 0.1) is 0 Å². The van der Waals surface area contributed by atoms with Crippen LogP contribution in [0.3, 0.4) is 0 Å². The lowest BCUT2D eigenvalue weighted by Gasteiger charge is -1.98. The third-order valence-corrected chi connectivity index (χ3v) is 3.34. The standard InChI is InChI=1S/C13H14S/c1-10(2)12-8-13(14-9-12)11-6-4-3-5-7-11/h3-10H,1-2H3. The Balaban J connectivity index is 2.34. The maximum Gasteiger partial charge on any atom is 0.0345 e. The van der Waals surface area contributed by atoms with Crippen LogP contribution in [-0.4, -0.2) is 0 Å². The van der Waals surface area contributed by atoms with Crippen LogP contribution >= 0.6 is 11.3 Å². The molecule has 0 saturated carbocycles. The molecule has 0 aliphatic rings. The van der Waals surface area contributed by atoms with E-state index in [1.165, 1.54) is 16.0 Å². The quantitative estimate of drug-likeness (QED) is 0.670. The largest absolute Gasteiger partial charge is 0.144 e. The molecule has 0 radical (unpaired) electrons. The van der Waals surface area contributed by atoms with Crippen LogP contribution in [0.4, 0.5) is 0 Å². The Morgan fingerprint density at radius 1 is 1.07 bits per heavy atom. The smallest absolute Gasteiger partial charge is 0.0345 e. The highest BCUT2D eigenvalue weighted by Gasteiger charge is 2.04. The first kappa shape index (κ1) is 9.47. The highest BCUT2D eigenvalue weighted by Crippen LogP contribution is 2.30. The predicted molar refractivity (Wildman–Crippen MR) is 63.8 cm³/mol. The Morgan fingerprint density at radius 3 is 2.36 bits per heavy atom. The Morgan fingerprint density at radius 2 is 1.79 bits per heavy atom. The van der Waals surface area contributed by atoms with Crippen LogP contribution in [0.25, 0.3) is 10.4 Å². The first-order valence-corrected chi connectivity index (χ1v) is 5.79. The average molecular weight is 202 g/mol. The maximum absolute atomic E-state index is 2.30. The number of rotatable bonds is 2. The van der Waals surface area contributed by atoms with Crippen molar-refractivity contribution in [3.05, 3.63) is 47.3 Å². The van der Waals surface area contributed by atoms with E-state index in [9.17, 15) is 0 Å². The summed E-state index contributed by atoms with van der Waals surface area (Å²) in [6.07, 6.45) is 0. The van der Waals surface area contributed by atoms with E-state index in [1.54, 1.807) is 0 Å². The molecule has 1 heterocycles. The summed E-state index contributed by atoms with van der Waals surface area (Å²) in [7, 11) is 0. The molecule has 14 heavy (non-hydrogen) atoms. The van der Waals surface area contributed by atoms with Gasteiger partial charge >= 0.3 is 0 Å². The molecule has 0 spiro atoms. The fraction of sp³-hybridized carbons (Fsp3) is 0.231. The van der Waals surface area contributed by atoms with Gasteiger partial charge in [-0.05, 0) is 28.5 Å². The monoisotopic (exact) mass is 202 g/mol. The fourth-order valence-electron chi connectivity index (χ4n) is 1.41. The van der Waals surface area contributed by atoms with Gasteiger partial charge in [0.25, 0.3) is 0 Å². The molecule has 1 aromatic heterocycles. The lowest BCUT2D eigenvalue weighted by atomic mass is 10.1. The van der Waals surface area contributed by atoms with Gasteiger partial charge in [0.1, 0.15) is 0 Å². The van der Waals surface area contributed by atoms with E-state index in [-0.39, 0.29) is 0 Å². The Kier molecular flexibility index (Phi) is 2.69. The number of benzene rings is 1. The molecule has 0 nitrogen and oxygen atoms in total. The van der Waals surface area contributed by atoms with Crippen molar-refractivity contribution in [3.8, 4) is 10.4 Å². The first-order valence-electron chi connectivity index (χ1n) is 4.91. The lowest BCUT2D eigenvalue weighted by molar-refractivity contribution is 0.872. The molecule has 0 atom stereocenters. The van der Waals surface area contributed by atoms with Crippen molar-refractivity contribution in [1.29, 1.82) is 0 Å². The second-order valence-electron chi connectivity index (χ2n) is 3.77. The van der Waals surface area contributed by atoms with E-state index in [0.29, 0.717) is 5.92 Å². The van der Waals surface area contributed by atoms with E-state index >= 15 is 0 Å². The zero-order valence-electron chi connectivity index (χ0n) is 8.53. The molecule has 0 unspecified atom stereocenters. The summed E-state index contributed by atoms with van der Waals surface area (Å²) in [5.41, 5.74) is 2.76. The molecule has 1 aromatic carbocycles. The van der Waals surface area contributed by atoms with Crippen LogP contribution in [0.2, 0.25) is 0 Å². The van der Waals surface area contributed by atoms with Gasteiger partial charge in [-0.1, -0.05) is 44.2 Å². The second-order valence-corrected chi connectivity index (χ2v) is 4.68. The SMILES string of the molecule is CC(C)c1csc(-c2ccccc2)c1. The zero-order chi connectivity index (χ0) is 9.97. The molecule has 2 rings (SSSR count). The van der Waals surface area contributed by atoms with E-state index < -0.39 is 0 Å².